The highest BCUT2D eigenvalue weighted by atomic mass is 35.5. The summed E-state index contributed by atoms with van der Waals surface area (Å²) < 4.78 is 5.11. The van der Waals surface area contributed by atoms with Gasteiger partial charge in [0.1, 0.15) is 0 Å². The van der Waals surface area contributed by atoms with Crippen molar-refractivity contribution in [1.29, 1.82) is 0 Å². The van der Waals surface area contributed by atoms with E-state index in [9.17, 15) is 4.79 Å². The first-order valence-electron chi connectivity index (χ1n) is 6.33. The van der Waals surface area contributed by atoms with Crippen LogP contribution in [0.2, 0.25) is 0 Å². The Morgan fingerprint density at radius 1 is 1.58 bits per heavy atom. The number of carbonyl (C=O) groups is 1. The van der Waals surface area contributed by atoms with Gasteiger partial charge in [-0.05, 0) is 18.1 Å². The molecule has 0 fully saturated rings. The van der Waals surface area contributed by atoms with E-state index >= 15 is 0 Å². The van der Waals surface area contributed by atoms with Gasteiger partial charge in [-0.25, -0.2) is 0 Å². The van der Waals surface area contributed by atoms with E-state index < -0.39 is 0 Å². The fourth-order valence-electron chi connectivity index (χ4n) is 2.21. The third kappa shape index (κ3) is 3.65. The predicted molar refractivity (Wildman–Crippen MR) is 79.1 cm³/mol. The lowest BCUT2D eigenvalue weighted by molar-refractivity contribution is -0.123. The van der Waals surface area contributed by atoms with Gasteiger partial charge in [-0.15, -0.1) is 23.4 Å². The molecule has 1 amide bonds. The first-order valence-corrected chi connectivity index (χ1v) is 7.85. The summed E-state index contributed by atoms with van der Waals surface area (Å²) >= 11 is 7.49. The van der Waals surface area contributed by atoms with Crippen LogP contribution in [0.3, 0.4) is 0 Å². The molecule has 0 spiro atoms. The second-order valence-electron chi connectivity index (χ2n) is 4.54. The van der Waals surface area contributed by atoms with Crippen molar-refractivity contribution in [3.63, 3.8) is 0 Å². The van der Waals surface area contributed by atoms with Gasteiger partial charge in [0.2, 0.25) is 5.91 Å². The van der Waals surface area contributed by atoms with Crippen LogP contribution in [0.5, 0.6) is 0 Å². The molecule has 1 heterocycles. The second-order valence-corrected chi connectivity index (χ2v) is 5.98. The number of halogens is 1. The van der Waals surface area contributed by atoms with E-state index in [1.165, 1.54) is 4.90 Å². The normalized spacial score (nSPS) is 18.9. The van der Waals surface area contributed by atoms with Gasteiger partial charge in [0.25, 0.3) is 0 Å². The van der Waals surface area contributed by atoms with Crippen LogP contribution in [-0.2, 0) is 9.53 Å². The van der Waals surface area contributed by atoms with Crippen molar-refractivity contribution in [3.8, 4) is 0 Å². The Kier molecular flexibility index (Phi) is 5.55. The first kappa shape index (κ1) is 14.7. The molecular formula is C14H18ClNO2S. The molecule has 1 aromatic carbocycles. The van der Waals surface area contributed by atoms with E-state index in [-0.39, 0.29) is 17.9 Å². The number of carbonyl (C=O) groups excluding carboxylic acids is 1. The minimum absolute atomic E-state index is 0.00670. The number of ether oxygens (including phenoxy) is 1. The molecule has 0 saturated carbocycles. The molecule has 0 bridgehead atoms. The van der Waals surface area contributed by atoms with Gasteiger partial charge in [-0.1, -0.05) is 18.2 Å². The van der Waals surface area contributed by atoms with Crippen LogP contribution in [-0.4, -0.2) is 37.3 Å². The maximum atomic E-state index is 12.3. The van der Waals surface area contributed by atoms with Crippen molar-refractivity contribution < 1.29 is 9.53 Å². The third-order valence-corrected chi connectivity index (χ3v) is 4.59. The number of nitrogens with one attached hydrogen (secondary N) is 1. The van der Waals surface area contributed by atoms with Crippen LogP contribution in [0.15, 0.2) is 29.2 Å². The molecule has 0 radical (unpaired) electrons. The molecule has 2 rings (SSSR count). The summed E-state index contributed by atoms with van der Waals surface area (Å²) in [4.78, 5) is 13.6. The summed E-state index contributed by atoms with van der Waals surface area (Å²) in [7, 11) is 1.63. The van der Waals surface area contributed by atoms with Crippen LogP contribution in [0.1, 0.15) is 17.9 Å². The van der Waals surface area contributed by atoms with E-state index in [2.05, 4.69) is 11.4 Å². The van der Waals surface area contributed by atoms with Crippen molar-refractivity contribution in [3.05, 3.63) is 29.8 Å². The van der Waals surface area contributed by atoms with Crippen LogP contribution < -0.4 is 5.32 Å². The SMILES string of the molecule is COCC(CCCl)NC(=O)C1CSc2ccccc21. The molecule has 104 valence electrons. The standard InChI is InChI=1S/C14H18ClNO2S/c1-18-8-10(6-7-15)16-14(17)12-9-19-13-5-3-2-4-11(12)13/h2-5,10,12H,6-9H2,1H3,(H,16,17). The second kappa shape index (κ2) is 7.17. The molecule has 2 unspecified atom stereocenters. The number of fused-ring (bicyclic) bond motifs is 1. The zero-order valence-corrected chi connectivity index (χ0v) is 12.5. The summed E-state index contributed by atoms with van der Waals surface area (Å²) in [5.74, 6) is 1.34. The molecule has 1 aromatic rings. The fourth-order valence-corrected chi connectivity index (χ4v) is 3.70. The highest BCUT2D eigenvalue weighted by Crippen LogP contribution is 2.39. The summed E-state index contributed by atoms with van der Waals surface area (Å²) in [5, 5.41) is 3.04. The Morgan fingerprint density at radius 3 is 3.11 bits per heavy atom. The molecule has 5 heteroatoms. The Morgan fingerprint density at radius 2 is 2.37 bits per heavy atom. The largest absolute Gasteiger partial charge is 0.383 e. The average molecular weight is 300 g/mol. The smallest absolute Gasteiger partial charge is 0.228 e. The zero-order chi connectivity index (χ0) is 13.7. The molecule has 0 aromatic heterocycles. The summed E-state index contributed by atoms with van der Waals surface area (Å²) in [6.45, 7) is 0.500. The zero-order valence-electron chi connectivity index (χ0n) is 10.9. The topological polar surface area (TPSA) is 38.3 Å². The van der Waals surface area contributed by atoms with Gasteiger partial charge < -0.3 is 10.1 Å². The van der Waals surface area contributed by atoms with E-state index in [1.807, 2.05) is 18.2 Å². The van der Waals surface area contributed by atoms with Gasteiger partial charge in [0.15, 0.2) is 0 Å². The number of thioether (sulfide) groups is 1. The Hall–Kier alpha value is -0.710. The highest BCUT2D eigenvalue weighted by molar-refractivity contribution is 7.99. The van der Waals surface area contributed by atoms with Gasteiger partial charge >= 0.3 is 0 Å². The number of alkyl halides is 1. The van der Waals surface area contributed by atoms with Crippen LogP contribution >= 0.6 is 23.4 Å². The number of benzene rings is 1. The molecule has 2 atom stereocenters. The van der Waals surface area contributed by atoms with E-state index in [1.54, 1.807) is 18.9 Å². The van der Waals surface area contributed by atoms with Gasteiger partial charge in [-0.2, -0.15) is 0 Å². The molecule has 3 nitrogen and oxygen atoms in total. The van der Waals surface area contributed by atoms with Crippen molar-refractivity contribution in [2.45, 2.75) is 23.3 Å². The number of rotatable bonds is 6. The van der Waals surface area contributed by atoms with Crippen molar-refractivity contribution in [2.75, 3.05) is 25.3 Å². The predicted octanol–water partition coefficient (Wildman–Crippen LogP) is 2.64. The van der Waals surface area contributed by atoms with E-state index in [0.29, 0.717) is 12.5 Å². The van der Waals surface area contributed by atoms with Crippen LogP contribution in [0, 0.1) is 0 Å². The molecule has 0 aliphatic carbocycles. The Labute approximate surface area is 123 Å². The third-order valence-electron chi connectivity index (χ3n) is 3.19. The maximum Gasteiger partial charge on any atom is 0.228 e. The summed E-state index contributed by atoms with van der Waals surface area (Å²) in [6.07, 6.45) is 0.725. The molecule has 1 aliphatic rings. The van der Waals surface area contributed by atoms with Gasteiger partial charge in [0, 0.05) is 23.6 Å². The molecular weight excluding hydrogens is 282 g/mol. The minimum Gasteiger partial charge on any atom is -0.383 e. The van der Waals surface area contributed by atoms with Crippen molar-refractivity contribution >= 4 is 29.3 Å². The monoisotopic (exact) mass is 299 g/mol. The van der Waals surface area contributed by atoms with Crippen LogP contribution in [0.25, 0.3) is 0 Å². The lowest BCUT2D eigenvalue weighted by atomic mass is 10.00. The minimum atomic E-state index is -0.0594. The lowest BCUT2D eigenvalue weighted by Gasteiger charge is -2.19. The average Bonchev–Trinajstić information content (AvgIpc) is 2.83. The summed E-state index contributed by atoms with van der Waals surface area (Å²) in [5.41, 5.74) is 1.13. The highest BCUT2D eigenvalue weighted by Gasteiger charge is 2.29. The van der Waals surface area contributed by atoms with Gasteiger partial charge in [-0.3, -0.25) is 4.79 Å². The number of hydrogen-bond acceptors (Lipinski definition) is 3. The molecule has 1 N–H and O–H groups in total. The van der Waals surface area contributed by atoms with Gasteiger partial charge in [0.05, 0.1) is 18.6 Å². The quantitative estimate of drug-likeness (QED) is 0.821. The van der Waals surface area contributed by atoms with Crippen molar-refractivity contribution in [1.82, 2.24) is 5.32 Å². The number of methoxy groups -OCH3 is 1. The maximum absolute atomic E-state index is 12.3. The van der Waals surface area contributed by atoms with E-state index in [0.717, 1.165) is 17.7 Å². The number of amides is 1. The fraction of sp³-hybridized carbons (Fsp3) is 0.500. The molecule has 19 heavy (non-hydrogen) atoms. The first-order chi connectivity index (χ1) is 9.26. The van der Waals surface area contributed by atoms with E-state index in [4.69, 9.17) is 16.3 Å². The molecule has 1 aliphatic heterocycles. The number of hydrogen-bond donors (Lipinski definition) is 1. The summed E-state index contributed by atoms with van der Waals surface area (Å²) in [6, 6.07) is 8.09. The molecule has 0 saturated heterocycles. The Bertz CT molecular complexity index is 435. The lowest BCUT2D eigenvalue weighted by Crippen LogP contribution is -2.41. The Balaban J connectivity index is 2.01. The van der Waals surface area contributed by atoms with Crippen molar-refractivity contribution in [2.24, 2.45) is 0 Å². The van der Waals surface area contributed by atoms with Crippen LogP contribution in [0.4, 0.5) is 0 Å².